The highest BCUT2D eigenvalue weighted by atomic mass is 35.5. The van der Waals surface area contributed by atoms with Crippen molar-refractivity contribution in [2.45, 2.75) is 38.6 Å². The molecule has 0 aliphatic heterocycles. The summed E-state index contributed by atoms with van der Waals surface area (Å²) in [5.41, 5.74) is 1.04. The average Bonchev–Trinajstić information content (AvgIpc) is 2.53. The van der Waals surface area contributed by atoms with Crippen LogP contribution in [0.15, 0.2) is 24.3 Å². The Morgan fingerprint density at radius 3 is 2.14 bits per heavy atom. The van der Waals surface area contributed by atoms with E-state index >= 15 is 0 Å². The summed E-state index contributed by atoms with van der Waals surface area (Å²) in [6.45, 7) is 1.99. The molecule has 1 aliphatic carbocycles. The fourth-order valence-electron chi connectivity index (χ4n) is 3.03. The van der Waals surface area contributed by atoms with Crippen molar-refractivity contribution in [2.75, 3.05) is 7.05 Å². The molecule has 1 amide bonds. The fraction of sp³-hybridized carbons (Fsp3) is 0.529. The van der Waals surface area contributed by atoms with Crippen molar-refractivity contribution < 1.29 is 14.7 Å². The summed E-state index contributed by atoms with van der Waals surface area (Å²) in [6.07, 6.45) is 2.50. The third-order valence-corrected chi connectivity index (χ3v) is 4.96. The van der Waals surface area contributed by atoms with E-state index in [-0.39, 0.29) is 23.8 Å². The quantitative estimate of drug-likeness (QED) is 0.918. The standard InChI is InChI=1S/C17H22ClNO3/c1-11(12-7-9-15(18)10-8-12)19(2)16(20)13-3-5-14(6-4-13)17(21)22/h7-11,13-14H,3-6H2,1-2H3,(H,21,22). The number of carboxylic acids is 1. The maximum atomic E-state index is 12.6. The van der Waals surface area contributed by atoms with E-state index in [1.54, 1.807) is 4.90 Å². The lowest BCUT2D eigenvalue weighted by atomic mass is 9.81. The van der Waals surface area contributed by atoms with E-state index in [1.165, 1.54) is 0 Å². The predicted octanol–water partition coefficient (Wildman–Crippen LogP) is 3.75. The Hall–Kier alpha value is -1.55. The molecular formula is C17H22ClNO3. The van der Waals surface area contributed by atoms with Gasteiger partial charge in [-0.05, 0) is 50.3 Å². The van der Waals surface area contributed by atoms with Crippen LogP contribution in [0, 0.1) is 11.8 Å². The minimum atomic E-state index is -0.742. The van der Waals surface area contributed by atoms with Gasteiger partial charge in [-0.2, -0.15) is 0 Å². The van der Waals surface area contributed by atoms with Crippen LogP contribution < -0.4 is 0 Å². The molecule has 1 saturated carbocycles. The number of benzene rings is 1. The maximum absolute atomic E-state index is 12.6. The zero-order valence-electron chi connectivity index (χ0n) is 13.0. The summed E-state index contributed by atoms with van der Waals surface area (Å²) in [7, 11) is 1.81. The first kappa shape index (κ1) is 16.8. The number of carboxylic acid groups (broad SMARTS) is 1. The fourth-order valence-corrected chi connectivity index (χ4v) is 3.16. The van der Waals surface area contributed by atoms with E-state index in [2.05, 4.69) is 0 Å². The van der Waals surface area contributed by atoms with Gasteiger partial charge < -0.3 is 10.0 Å². The lowest BCUT2D eigenvalue weighted by Gasteiger charge is -2.32. The summed E-state index contributed by atoms with van der Waals surface area (Å²) in [5.74, 6) is -0.988. The second-order valence-corrected chi connectivity index (χ2v) is 6.50. The van der Waals surface area contributed by atoms with Crippen LogP contribution in [0.25, 0.3) is 0 Å². The molecule has 2 rings (SSSR count). The molecule has 0 radical (unpaired) electrons. The number of amides is 1. The highest BCUT2D eigenvalue weighted by molar-refractivity contribution is 6.30. The molecule has 1 fully saturated rings. The number of hydrogen-bond acceptors (Lipinski definition) is 2. The Morgan fingerprint density at radius 2 is 1.64 bits per heavy atom. The molecule has 1 aromatic rings. The highest BCUT2D eigenvalue weighted by Crippen LogP contribution is 2.32. The minimum absolute atomic E-state index is 0.0260. The Morgan fingerprint density at radius 1 is 1.14 bits per heavy atom. The van der Waals surface area contributed by atoms with Crippen LogP contribution in [0.3, 0.4) is 0 Å². The third kappa shape index (κ3) is 3.80. The number of halogens is 1. The molecule has 0 bridgehead atoms. The van der Waals surface area contributed by atoms with E-state index in [9.17, 15) is 9.59 Å². The van der Waals surface area contributed by atoms with Gasteiger partial charge in [0.15, 0.2) is 0 Å². The van der Waals surface area contributed by atoms with Crippen LogP contribution >= 0.6 is 11.6 Å². The van der Waals surface area contributed by atoms with Gasteiger partial charge in [-0.25, -0.2) is 0 Å². The van der Waals surface area contributed by atoms with Crippen molar-refractivity contribution in [3.8, 4) is 0 Å². The molecule has 0 aromatic heterocycles. The highest BCUT2D eigenvalue weighted by Gasteiger charge is 2.32. The van der Waals surface area contributed by atoms with Crippen LogP contribution in [-0.2, 0) is 9.59 Å². The summed E-state index contributed by atoms with van der Waals surface area (Å²) in [6, 6.07) is 7.48. The molecule has 4 nitrogen and oxygen atoms in total. The molecule has 5 heteroatoms. The van der Waals surface area contributed by atoms with Crippen molar-refractivity contribution in [1.82, 2.24) is 4.90 Å². The van der Waals surface area contributed by atoms with Crippen molar-refractivity contribution in [1.29, 1.82) is 0 Å². The molecule has 1 aromatic carbocycles. The monoisotopic (exact) mass is 323 g/mol. The van der Waals surface area contributed by atoms with Gasteiger partial charge in [0.05, 0.1) is 12.0 Å². The van der Waals surface area contributed by atoms with E-state index in [0.29, 0.717) is 30.7 Å². The molecular weight excluding hydrogens is 302 g/mol. The number of aliphatic carboxylic acids is 1. The summed E-state index contributed by atoms with van der Waals surface area (Å²) < 4.78 is 0. The molecule has 1 N–H and O–H groups in total. The van der Waals surface area contributed by atoms with Crippen molar-refractivity contribution in [2.24, 2.45) is 11.8 Å². The van der Waals surface area contributed by atoms with Crippen LogP contribution in [0.1, 0.15) is 44.2 Å². The number of hydrogen-bond donors (Lipinski definition) is 1. The summed E-state index contributed by atoms with van der Waals surface area (Å²) in [5, 5.41) is 9.70. The van der Waals surface area contributed by atoms with Crippen molar-refractivity contribution in [3.63, 3.8) is 0 Å². The molecule has 120 valence electrons. The van der Waals surface area contributed by atoms with Gasteiger partial charge in [-0.3, -0.25) is 9.59 Å². The van der Waals surface area contributed by atoms with Gasteiger partial charge in [0, 0.05) is 18.0 Å². The molecule has 22 heavy (non-hydrogen) atoms. The Balaban J connectivity index is 1.97. The SMILES string of the molecule is CC(c1ccc(Cl)cc1)N(C)C(=O)C1CCC(C(=O)O)CC1. The van der Waals surface area contributed by atoms with Gasteiger partial charge in [0.1, 0.15) is 0 Å². The number of carbonyl (C=O) groups is 2. The Labute approximate surface area is 136 Å². The minimum Gasteiger partial charge on any atom is -0.481 e. The lowest BCUT2D eigenvalue weighted by Crippen LogP contribution is -2.37. The van der Waals surface area contributed by atoms with Gasteiger partial charge in [-0.1, -0.05) is 23.7 Å². The van der Waals surface area contributed by atoms with Crippen LogP contribution in [0.4, 0.5) is 0 Å². The van der Waals surface area contributed by atoms with Gasteiger partial charge in [-0.15, -0.1) is 0 Å². The summed E-state index contributed by atoms with van der Waals surface area (Å²) >= 11 is 5.89. The zero-order chi connectivity index (χ0) is 16.3. The molecule has 0 spiro atoms. The first-order chi connectivity index (χ1) is 10.4. The Bertz CT molecular complexity index is 535. The van der Waals surface area contributed by atoms with Crippen LogP contribution in [0.2, 0.25) is 5.02 Å². The topological polar surface area (TPSA) is 57.6 Å². The van der Waals surface area contributed by atoms with Crippen LogP contribution in [0.5, 0.6) is 0 Å². The normalized spacial score (nSPS) is 22.9. The third-order valence-electron chi connectivity index (χ3n) is 4.71. The van der Waals surface area contributed by atoms with Crippen molar-refractivity contribution >= 4 is 23.5 Å². The molecule has 1 unspecified atom stereocenters. The van der Waals surface area contributed by atoms with E-state index in [0.717, 1.165) is 5.56 Å². The predicted molar refractivity (Wildman–Crippen MR) is 85.7 cm³/mol. The first-order valence-electron chi connectivity index (χ1n) is 7.65. The largest absolute Gasteiger partial charge is 0.481 e. The van der Waals surface area contributed by atoms with Gasteiger partial charge in [0.25, 0.3) is 0 Å². The van der Waals surface area contributed by atoms with E-state index in [4.69, 9.17) is 16.7 Å². The second kappa shape index (κ2) is 7.14. The van der Waals surface area contributed by atoms with Crippen molar-refractivity contribution in [3.05, 3.63) is 34.9 Å². The smallest absolute Gasteiger partial charge is 0.306 e. The first-order valence-corrected chi connectivity index (χ1v) is 8.03. The second-order valence-electron chi connectivity index (χ2n) is 6.06. The number of rotatable bonds is 4. The lowest BCUT2D eigenvalue weighted by molar-refractivity contribution is -0.145. The molecule has 1 aliphatic rings. The zero-order valence-corrected chi connectivity index (χ0v) is 13.7. The Kier molecular flexibility index (Phi) is 5.46. The maximum Gasteiger partial charge on any atom is 0.306 e. The van der Waals surface area contributed by atoms with Gasteiger partial charge in [0.2, 0.25) is 5.91 Å². The van der Waals surface area contributed by atoms with Crippen LogP contribution in [-0.4, -0.2) is 28.9 Å². The number of carbonyl (C=O) groups excluding carboxylic acids is 1. The molecule has 0 heterocycles. The van der Waals surface area contributed by atoms with E-state index in [1.807, 2.05) is 38.2 Å². The molecule has 1 atom stereocenters. The van der Waals surface area contributed by atoms with E-state index < -0.39 is 5.97 Å². The van der Waals surface area contributed by atoms with Gasteiger partial charge >= 0.3 is 5.97 Å². The summed E-state index contributed by atoms with van der Waals surface area (Å²) in [4.78, 5) is 25.3. The molecule has 0 saturated heterocycles. The average molecular weight is 324 g/mol. The number of nitrogens with zero attached hydrogens (tertiary/aromatic N) is 1.